The molecule has 144 valence electrons. The minimum absolute atomic E-state index is 0.103. The number of aryl methyl sites for hydroxylation is 2. The molecule has 3 aliphatic rings. The number of nitrogens with one attached hydrogen (secondary N) is 2. The molecule has 0 radical (unpaired) electrons. The quantitative estimate of drug-likeness (QED) is 0.865. The Hall–Kier alpha value is -2.01. The zero-order chi connectivity index (χ0) is 18.6. The topological polar surface area (TPSA) is 57.4 Å². The fraction of sp³-hybridized carbons (Fsp3) is 0.591. The van der Waals surface area contributed by atoms with Gasteiger partial charge < -0.3 is 19.9 Å². The number of aromatic nitrogens is 1. The van der Waals surface area contributed by atoms with E-state index in [2.05, 4.69) is 47.2 Å². The number of aromatic amines is 1. The van der Waals surface area contributed by atoms with Crippen LogP contribution in [-0.2, 0) is 11.3 Å². The van der Waals surface area contributed by atoms with Gasteiger partial charge >= 0.3 is 6.03 Å². The monoisotopic (exact) mass is 367 g/mol. The van der Waals surface area contributed by atoms with E-state index in [1.165, 1.54) is 29.5 Å². The van der Waals surface area contributed by atoms with Crippen molar-refractivity contribution in [3.63, 3.8) is 0 Å². The number of H-pyrrole nitrogens is 1. The van der Waals surface area contributed by atoms with Crippen LogP contribution in [0.25, 0.3) is 10.9 Å². The summed E-state index contributed by atoms with van der Waals surface area (Å²) in [5.41, 5.74) is 5.15. The van der Waals surface area contributed by atoms with Crippen LogP contribution >= 0.6 is 0 Å². The van der Waals surface area contributed by atoms with Crippen LogP contribution in [0.3, 0.4) is 0 Å². The number of hydrogen-bond acceptors (Lipinski definition) is 2. The lowest BCUT2D eigenvalue weighted by molar-refractivity contribution is -0.117. The van der Waals surface area contributed by atoms with Gasteiger partial charge in [0, 0.05) is 54.4 Å². The molecule has 2 N–H and O–H groups in total. The molecular weight excluding hydrogens is 338 g/mol. The summed E-state index contributed by atoms with van der Waals surface area (Å²) in [4.78, 5) is 18.4. The van der Waals surface area contributed by atoms with Crippen LogP contribution < -0.4 is 5.32 Å². The Morgan fingerprint density at radius 2 is 2.07 bits per heavy atom. The summed E-state index contributed by atoms with van der Waals surface area (Å²) >= 11 is 0. The second-order valence-electron chi connectivity index (χ2n) is 8.80. The highest BCUT2D eigenvalue weighted by molar-refractivity contribution is 5.85. The minimum Gasteiger partial charge on any atom is -0.381 e. The molecule has 3 fully saturated rings. The van der Waals surface area contributed by atoms with Crippen molar-refractivity contribution in [2.75, 3.05) is 19.8 Å². The van der Waals surface area contributed by atoms with E-state index in [0.29, 0.717) is 23.9 Å². The number of rotatable bonds is 3. The number of fused-ring (bicyclic) bond motifs is 1. The van der Waals surface area contributed by atoms with Gasteiger partial charge in [0.15, 0.2) is 0 Å². The van der Waals surface area contributed by atoms with Crippen LogP contribution in [-0.4, -0.2) is 41.7 Å². The number of urea groups is 1. The first-order valence-corrected chi connectivity index (χ1v) is 10.3. The summed E-state index contributed by atoms with van der Waals surface area (Å²) in [5, 5.41) is 4.42. The van der Waals surface area contributed by atoms with Crippen molar-refractivity contribution in [1.82, 2.24) is 15.2 Å². The summed E-state index contributed by atoms with van der Waals surface area (Å²) in [6, 6.07) is 6.95. The fourth-order valence-electron chi connectivity index (χ4n) is 5.24. The van der Waals surface area contributed by atoms with E-state index in [1.54, 1.807) is 0 Å². The van der Waals surface area contributed by atoms with Gasteiger partial charge in [-0.1, -0.05) is 6.07 Å². The molecule has 2 aromatic rings. The number of nitrogens with zero attached hydrogens (tertiary/aromatic N) is 1. The van der Waals surface area contributed by atoms with E-state index >= 15 is 0 Å². The molecule has 5 nitrogen and oxygen atoms in total. The zero-order valence-corrected chi connectivity index (χ0v) is 16.3. The summed E-state index contributed by atoms with van der Waals surface area (Å²) in [7, 11) is 0. The van der Waals surface area contributed by atoms with Crippen molar-refractivity contribution in [3.05, 3.63) is 35.0 Å². The predicted octanol–water partition coefficient (Wildman–Crippen LogP) is 3.89. The van der Waals surface area contributed by atoms with Crippen molar-refractivity contribution >= 4 is 16.9 Å². The predicted molar refractivity (Wildman–Crippen MR) is 106 cm³/mol. The Morgan fingerprint density at radius 3 is 2.81 bits per heavy atom. The number of carbonyl (C=O) groups is 1. The molecule has 5 heteroatoms. The first-order chi connectivity index (χ1) is 13.1. The minimum atomic E-state index is 0.103. The van der Waals surface area contributed by atoms with Gasteiger partial charge in [0.25, 0.3) is 0 Å². The largest absolute Gasteiger partial charge is 0.381 e. The highest BCUT2D eigenvalue weighted by atomic mass is 16.5. The average Bonchev–Trinajstić information content (AvgIpc) is 3.44. The number of ether oxygens (including phenoxy) is 1. The lowest BCUT2D eigenvalue weighted by atomic mass is 9.64. The summed E-state index contributed by atoms with van der Waals surface area (Å²) < 4.78 is 5.58. The van der Waals surface area contributed by atoms with Gasteiger partial charge in [-0.05, 0) is 68.7 Å². The Kier molecular flexibility index (Phi) is 3.97. The maximum atomic E-state index is 12.9. The van der Waals surface area contributed by atoms with Crippen LogP contribution in [0, 0.1) is 25.2 Å². The first-order valence-electron chi connectivity index (χ1n) is 10.3. The second kappa shape index (κ2) is 6.26. The third kappa shape index (κ3) is 2.83. The Labute approximate surface area is 160 Å². The molecule has 1 atom stereocenters. The number of amides is 2. The number of carbonyl (C=O) groups excluding carboxylic acids is 1. The highest BCUT2D eigenvalue weighted by Gasteiger charge is 2.59. The van der Waals surface area contributed by atoms with Crippen LogP contribution in [0.1, 0.15) is 42.5 Å². The number of likely N-dealkylation sites (tertiary alicyclic amines) is 1. The maximum absolute atomic E-state index is 12.9. The van der Waals surface area contributed by atoms with E-state index < -0.39 is 0 Å². The van der Waals surface area contributed by atoms with Gasteiger partial charge in [0.2, 0.25) is 0 Å². The average molecular weight is 367 g/mol. The molecule has 1 spiro atoms. The molecule has 1 aromatic heterocycles. The van der Waals surface area contributed by atoms with Gasteiger partial charge in [0.05, 0.1) is 0 Å². The highest BCUT2D eigenvalue weighted by Crippen LogP contribution is 2.54. The first kappa shape index (κ1) is 17.1. The molecule has 2 amide bonds. The molecule has 1 unspecified atom stereocenters. The van der Waals surface area contributed by atoms with Crippen LogP contribution in [0.5, 0.6) is 0 Å². The number of benzene rings is 1. The molecule has 2 saturated heterocycles. The molecule has 2 aliphatic heterocycles. The molecule has 3 heterocycles. The van der Waals surface area contributed by atoms with E-state index in [1.807, 2.05) is 0 Å². The van der Waals surface area contributed by atoms with Crippen molar-refractivity contribution < 1.29 is 9.53 Å². The fourth-order valence-corrected chi connectivity index (χ4v) is 5.24. The van der Waals surface area contributed by atoms with Crippen molar-refractivity contribution in [2.45, 2.75) is 52.1 Å². The van der Waals surface area contributed by atoms with Crippen LogP contribution in [0.2, 0.25) is 0 Å². The molecule has 27 heavy (non-hydrogen) atoms. The Bertz CT molecular complexity index is 877. The molecule has 1 aliphatic carbocycles. The standard InChI is InChI=1S/C22H29N3O2/c1-14-15(2)24-19-6-3-16(11-18(14)19)12-23-21(26)25-13-22(7-9-27-10-8-22)20(25)17-4-5-17/h3,6,11,17,20,24H,4-5,7-10,12-13H2,1-2H3,(H,23,26). The Morgan fingerprint density at radius 1 is 1.30 bits per heavy atom. The molecule has 5 rings (SSSR count). The molecule has 1 aromatic carbocycles. The van der Waals surface area contributed by atoms with E-state index in [9.17, 15) is 4.79 Å². The van der Waals surface area contributed by atoms with Crippen LogP contribution in [0.15, 0.2) is 18.2 Å². The van der Waals surface area contributed by atoms with Gasteiger partial charge in [-0.25, -0.2) is 4.79 Å². The van der Waals surface area contributed by atoms with Gasteiger partial charge in [-0.15, -0.1) is 0 Å². The van der Waals surface area contributed by atoms with Gasteiger partial charge in [-0.2, -0.15) is 0 Å². The summed E-state index contributed by atoms with van der Waals surface area (Å²) in [6.07, 6.45) is 4.78. The summed E-state index contributed by atoms with van der Waals surface area (Å²) in [5.74, 6) is 0.712. The van der Waals surface area contributed by atoms with Gasteiger partial charge in [0.1, 0.15) is 0 Å². The molecular formula is C22H29N3O2. The lowest BCUT2D eigenvalue weighted by Gasteiger charge is -2.59. The normalized spacial score (nSPS) is 24.2. The summed E-state index contributed by atoms with van der Waals surface area (Å²) in [6.45, 7) is 7.44. The Balaban J connectivity index is 1.26. The smallest absolute Gasteiger partial charge is 0.317 e. The SMILES string of the molecule is Cc1[nH]c2ccc(CNC(=O)N3CC4(CCOCC4)C3C3CC3)cc2c1C. The van der Waals surface area contributed by atoms with E-state index in [-0.39, 0.29) is 6.03 Å². The van der Waals surface area contributed by atoms with Crippen molar-refractivity contribution in [2.24, 2.45) is 11.3 Å². The maximum Gasteiger partial charge on any atom is 0.317 e. The molecule has 0 bridgehead atoms. The van der Waals surface area contributed by atoms with Crippen LogP contribution in [0.4, 0.5) is 4.79 Å². The van der Waals surface area contributed by atoms with E-state index in [4.69, 9.17) is 4.74 Å². The van der Waals surface area contributed by atoms with Crippen molar-refractivity contribution in [1.29, 1.82) is 0 Å². The van der Waals surface area contributed by atoms with Crippen molar-refractivity contribution in [3.8, 4) is 0 Å². The zero-order valence-electron chi connectivity index (χ0n) is 16.3. The third-order valence-electron chi connectivity index (χ3n) is 7.08. The third-order valence-corrected chi connectivity index (χ3v) is 7.08. The number of hydrogen-bond donors (Lipinski definition) is 2. The van der Waals surface area contributed by atoms with Gasteiger partial charge in [-0.3, -0.25) is 0 Å². The second-order valence-corrected chi connectivity index (χ2v) is 8.80. The van der Waals surface area contributed by atoms with E-state index in [0.717, 1.165) is 43.7 Å². The lowest BCUT2D eigenvalue weighted by Crippen LogP contribution is -2.70. The molecule has 1 saturated carbocycles.